The summed E-state index contributed by atoms with van der Waals surface area (Å²) in [4.78, 5) is 23.9. The number of benzene rings is 1. The van der Waals surface area contributed by atoms with Crippen molar-refractivity contribution in [3.05, 3.63) is 29.8 Å². The van der Waals surface area contributed by atoms with Crippen LogP contribution in [-0.2, 0) is 4.79 Å². The monoisotopic (exact) mass is 325 g/mol. The first-order valence-corrected chi connectivity index (χ1v) is 7.55. The maximum absolute atomic E-state index is 12.3. The Morgan fingerprint density at radius 3 is 2.50 bits per heavy atom. The van der Waals surface area contributed by atoms with Crippen LogP contribution in [0.2, 0.25) is 0 Å². The van der Waals surface area contributed by atoms with Crippen LogP contribution in [0.25, 0.3) is 0 Å². The third-order valence-electron chi connectivity index (χ3n) is 4.05. The summed E-state index contributed by atoms with van der Waals surface area (Å²) >= 11 is 0. The molecule has 0 radical (unpaired) electrons. The van der Waals surface area contributed by atoms with E-state index in [-0.39, 0.29) is 30.1 Å². The van der Waals surface area contributed by atoms with E-state index >= 15 is 0 Å². The second-order valence-corrected chi connectivity index (χ2v) is 5.46. The molecule has 1 saturated carbocycles. The average molecular weight is 326 g/mol. The molecule has 6 heteroatoms. The van der Waals surface area contributed by atoms with Crippen LogP contribution in [0.1, 0.15) is 36.5 Å². The topological polar surface area (TPSA) is 84.2 Å². The Balaban J connectivity index is 0.00000242. The first kappa shape index (κ1) is 18.5. The number of nitrogens with two attached hydrogens (primary N) is 1. The SMILES string of the molecule is CCNC(=O)c1ccc(NC(=O)[C@@H]2CCC[C@@H]2CN)cc1.Cl. The van der Waals surface area contributed by atoms with Crippen molar-refractivity contribution in [2.75, 3.05) is 18.4 Å². The molecular formula is C16H24ClN3O2. The number of nitrogens with one attached hydrogen (secondary N) is 2. The molecule has 0 bridgehead atoms. The highest BCUT2D eigenvalue weighted by atomic mass is 35.5. The molecular weight excluding hydrogens is 302 g/mol. The second kappa shape index (κ2) is 8.76. The van der Waals surface area contributed by atoms with Crippen molar-refractivity contribution in [2.45, 2.75) is 26.2 Å². The summed E-state index contributed by atoms with van der Waals surface area (Å²) in [6.45, 7) is 3.04. The number of hydrogen-bond donors (Lipinski definition) is 3. The zero-order valence-corrected chi connectivity index (χ0v) is 13.6. The first-order valence-electron chi connectivity index (χ1n) is 7.55. The highest BCUT2D eigenvalue weighted by Crippen LogP contribution is 2.31. The van der Waals surface area contributed by atoms with Gasteiger partial charge in [-0.15, -0.1) is 12.4 Å². The minimum atomic E-state index is -0.102. The standard InChI is InChI=1S/C16H23N3O2.ClH/c1-2-18-15(20)11-6-8-13(9-7-11)19-16(21)14-5-3-4-12(14)10-17;/h6-9,12,14H,2-5,10,17H2,1H3,(H,18,20)(H,19,21);1H/t12-,14-;/m1./s1. The molecule has 1 aliphatic carbocycles. The molecule has 0 unspecified atom stereocenters. The molecule has 4 N–H and O–H groups in total. The number of hydrogen-bond acceptors (Lipinski definition) is 3. The number of halogens is 1. The molecule has 122 valence electrons. The number of amides is 2. The number of carbonyl (C=O) groups excluding carboxylic acids is 2. The summed E-state index contributed by atoms with van der Waals surface area (Å²) in [6.07, 6.45) is 3.01. The number of anilines is 1. The molecule has 0 spiro atoms. The Bertz CT molecular complexity index is 505. The molecule has 5 nitrogen and oxygen atoms in total. The van der Waals surface area contributed by atoms with Crippen LogP contribution in [0.15, 0.2) is 24.3 Å². The maximum atomic E-state index is 12.3. The van der Waals surface area contributed by atoms with Crippen LogP contribution in [0.4, 0.5) is 5.69 Å². The predicted molar refractivity (Wildman–Crippen MR) is 90.2 cm³/mol. The molecule has 0 aromatic heterocycles. The summed E-state index contributed by atoms with van der Waals surface area (Å²) in [5.41, 5.74) is 7.02. The van der Waals surface area contributed by atoms with Gasteiger partial charge in [0.2, 0.25) is 5.91 Å². The maximum Gasteiger partial charge on any atom is 0.251 e. The lowest BCUT2D eigenvalue weighted by molar-refractivity contribution is -0.120. The fourth-order valence-electron chi connectivity index (χ4n) is 2.87. The number of carbonyl (C=O) groups is 2. The van der Waals surface area contributed by atoms with Gasteiger partial charge in [-0.25, -0.2) is 0 Å². The van der Waals surface area contributed by atoms with Gasteiger partial charge in [-0.05, 0) is 56.5 Å². The lowest BCUT2D eigenvalue weighted by Crippen LogP contribution is -2.29. The Morgan fingerprint density at radius 1 is 1.23 bits per heavy atom. The summed E-state index contributed by atoms with van der Waals surface area (Å²) in [5.74, 6) is 0.237. The molecule has 2 atom stereocenters. The van der Waals surface area contributed by atoms with E-state index in [1.807, 2.05) is 6.92 Å². The summed E-state index contributed by atoms with van der Waals surface area (Å²) < 4.78 is 0. The third kappa shape index (κ3) is 4.45. The Hall–Kier alpha value is -1.59. The van der Waals surface area contributed by atoms with E-state index in [1.165, 1.54) is 0 Å². The molecule has 1 fully saturated rings. The van der Waals surface area contributed by atoms with E-state index in [1.54, 1.807) is 24.3 Å². The summed E-state index contributed by atoms with van der Waals surface area (Å²) in [7, 11) is 0. The van der Waals surface area contributed by atoms with E-state index in [2.05, 4.69) is 10.6 Å². The number of rotatable bonds is 5. The van der Waals surface area contributed by atoms with E-state index in [0.29, 0.717) is 24.6 Å². The van der Waals surface area contributed by atoms with Crippen LogP contribution in [0.5, 0.6) is 0 Å². The van der Waals surface area contributed by atoms with Crippen LogP contribution >= 0.6 is 12.4 Å². The normalized spacial score (nSPS) is 20.1. The van der Waals surface area contributed by atoms with Crippen molar-refractivity contribution >= 4 is 29.9 Å². The fourth-order valence-corrected chi connectivity index (χ4v) is 2.87. The largest absolute Gasteiger partial charge is 0.352 e. The third-order valence-corrected chi connectivity index (χ3v) is 4.05. The molecule has 0 saturated heterocycles. The Labute approximate surface area is 137 Å². The highest BCUT2D eigenvalue weighted by Gasteiger charge is 2.31. The second-order valence-electron chi connectivity index (χ2n) is 5.46. The lowest BCUT2D eigenvalue weighted by Gasteiger charge is -2.17. The van der Waals surface area contributed by atoms with Gasteiger partial charge in [0.25, 0.3) is 5.91 Å². The quantitative estimate of drug-likeness (QED) is 0.775. The van der Waals surface area contributed by atoms with Crippen LogP contribution in [-0.4, -0.2) is 24.9 Å². The van der Waals surface area contributed by atoms with Gasteiger partial charge in [-0.2, -0.15) is 0 Å². The van der Waals surface area contributed by atoms with Crippen molar-refractivity contribution in [1.82, 2.24) is 5.32 Å². The van der Waals surface area contributed by atoms with Gasteiger partial charge >= 0.3 is 0 Å². The molecule has 0 aliphatic heterocycles. The smallest absolute Gasteiger partial charge is 0.251 e. The van der Waals surface area contributed by atoms with Crippen LogP contribution in [0, 0.1) is 11.8 Å². The Kier molecular flexibility index (Phi) is 7.35. The minimum Gasteiger partial charge on any atom is -0.352 e. The zero-order chi connectivity index (χ0) is 15.2. The van der Waals surface area contributed by atoms with Gasteiger partial charge in [0.1, 0.15) is 0 Å². The van der Waals surface area contributed by atoms with E-state index < -0.39 is 0 Å². The van der Waals surface area contributed by atoms with E-state index in [9.17, 15) is 9.59 Å². The van der Waals surface area contributed by atoms with E-state index in [0.717, 1.165) is 24.9 Å². The summed E-state index contributed by atoms with van der Waals surface area (Å²) in [6, 6.07) is 6.95. The molecule has 2 rings (SSSR count). The van der Waals surface area contributed by atoms with Crippen molar-refractivity contribution in [2.24, 2.45) is 17.6 Å². The van der Waals surface area contributed by atoms with Crippen LogP contribution < -0.4 is 16.4 Å². The minimum absolute atomic E-state index is 0. The van der Waals surface area contributed by atoms with Gasteiger partial charge in [0.05, 0.1) is 0 Å². The van der Waals surface area contributed by atoms with Crippen molar-refractivity contribution < 1.29 is 9.59 Å². The van der Waals surface area contributed by atoms with Gasteiger partial charge in [0, 0.05) is 23.7 Å². The summed E-state index contributed by atoms with van der Waals surface area (Å²) in [5, 5.41) is 5.66. The molecule has 22 heavy (non-hydrogen) atoms. The highest BCUT2D eigenvalue weighted by molar-refractivity contribution is 5.96. The molecule has 1 aromatic rings. The Morgan fingerprint density at radius 2 is 1.91 bits per heavy atom. The van der Waals surface area contributed by atoms with Gasteiger partial charge in [-0.3, -0.25) is 9.59 Å². The van der Waals surface area contributed by atoms with Gasteiger partial charge < -0.3 is 16.4 Å². The molecule has 0 heterocycles. The van der Waals surface area contributed by atoms with Gasteiger partial charge in [0.15, 0.2) is 0 Å². The van der Waals surface area contributed by atoms with Crippen molar-refractivity contribution in [3.63, 3.8) is 0 Å². The molecule has 1 aliphatic rings. The molecule has 1 aromatic carbocycles. The van der Waals surface area contributed by atoms with Crippen molar-refractivity contribution in [3.8, 4) is 0 Å². The average Bonchev–Trinajstić information content (AvgIpc) is 2.97. The lowest BCUT2D eigenvalue weighted by atomic mass is 9.95. The molecule has 2 amide bonds. The van der Waals surface area contributed by atoms with Crippen LogP contribution in [0.3, 0.4) is 0 Å². The zero-order valence-electron chi connectivity index (χ0n) is 12.8. The predicted octanol–water partition coefficient (Wildman–Crippen LogP) is 2.17. The van der Waals surface area contributed by atoms with Crippen molar-refractivity contribution in [1.29, 1.82) is 0 Å². The first-order chi connectivity index (χ1) is 10.2. The van der Waals surface area contributed by atoms with E-state index in [4.69, 9.17) is 5.73 Å². The fraction of sp³-hybridized carbons (Fsp3) is 0.500. The van der Waals surface area contributed by atoms with Gasteiger partial charge in [-0.1, -0.05) is 6.42 Å².